The van der Waals surface area contributed by atoms with Crippen LogP contribution in [0.2, 0.25) is 0 Å². The normalized spacial score (nSPS) is 18.6. The molecule has 0 spiro atoms. The maximum absolute atomic E-state index is 10.1. The quantitative estimate of drug-likeness (QED) is 0.843. The van der Waals surface area contributed by atoms with Gasteiger partial charge in [-0.1, -0.05) is 0 Å². The molecule has 6 heteroatoms. The molecule has 2 aromatic rings. The van der Waals surface area contributed by atoms with Gasteiger partial charge >= 0.3 is 0 Å². The lowest BCUT2D eigenvalue weighted by Crippen LogP contribution is -2.40. The number of likely N-dealkylation sites (tertiary alicyclic amines) is 1. The Balaban J connectivity index is 1.33. The van der Waals surface area contributed by atoms with E-state index in [1.54, 1.807) is 6.26 Å². The molecular weight excluding hydrogens is 282 g/mol. The van der Waals surface area contributed by atoms with Gasteiger partial charge < -0.3 is 19.2 Å². The van der Waals surface area contributed by atoms with E-state index in [1.807, 2.05) is 35.3 Å². The first kappa shape index (κ1) is 15.3. The second-order valence-corrected chi connectivity index (χ2v) is 5.77. The van der Waals surface area contributed by atoms with Crippen molar-refractivity contribution < 1.29 is 14.3 Å². The SMILES string of the molecule is OC(COCc1ccco1)CN1CCC(n2cccn2)CC1. The van der Waals surface area contributed by atoms with Crippen molar-refractivity contribution in [3.05, 3.63) is 42.6 Å². The molecule has 1 fully saturated rings. The molecular formula is C16H23N3O3. The van der Waals surface area contributed by atoms with Crippen molar-refractivity contribution >= 4 is 0 Å². The van der Waals surface area contributed by atoms with Gasteiger partial charge in [-0.15, -0.1) is 0 Å². The molecule has 1 unspecified atom stereocenters. The number of aromatic nitrogens is 2. The zero-order valence-corrected chi connectivity index (χ0v) is 12.7. The number of nitrogens with zero attached hydrogens (tertiary/aromatic N) is 3. The molecule has 0 saturated carbocycles. The first-order chi connectivity index (χ1) is 10.8. The Morgan fingerprint density at radius 3 is 2.91 bits per heavy atom. The van der Waals surface area contributed by atoms with Crippen LogP contribution < -0.4 is 0 Å². The molecule has 0 amide bonds. The Hall–Kier alpha value is -1.63. The molecule has 120 valence electrons. The van der Waals surface area contributed by atoms with E-state index >= 15 is 0 Å². The van der Waals surface area contributed by atoms with Crippen LogP contribution in [0.1, 0.15) is 24.6 Å². The summed E-state index contributed by atoms with van der Waals surface area (Å²) in [4.78, 5) is 2.29. The first-order valence-electron chi connectivity index (χ1n) is 7.81. The van der Waals surface area contributed by atoms with Gasteiger partial charge in [-0.3, -0.25) is 4.68 Å². The van der Waals surface area contributed by atoms with Crippen molar-refractivity contribution in [1.82, 2.24) is 14.7 Å². The van der Waals surface area contributed by atoms with Crippen molar-refractivity contribution in [1.29, 1.82) is 0 Å². The van der Waals surface area contributed by atoms with Crippen LogP contribution in [0.25, 0.3) is 0 Å². The highest BCUT2D eigenvalue weighted by Gasteiger charge is 2.22. The average Bonchev–Trinajstić information content (AvgIpc) is 3.21. The van der Waals surface area contributed by atoms with Gasteiger partial charge in [0.1, 0.15) is 12.4 Å². The lowest BCUT2D eigenvalue weighted by Gasteiger charge is -2.33. The zero-order chi connectivity index (χ0) is 15.2. The van der Waals surface area contributed by atoms with E-state index in [2.05, 4.69) is 10.00 Å². The van der Waals surface area contributed by atoms with Gasteiger partial charge in [0.15, 0.2) is 0 Å². The highest BCUT2D eigenvalue weighted by atomic mass is 16.5. The molecule has 1 atom stereocenters. The fraction of sp³-hybridized carbons (Fsp3) is 0.562. The minimum absolute atomic E-state index is 0.333. The third-order valence-corrected chi connectivity index (χ3v) is 4.06. The lowest BCUT2D eigenvalue weighted by molar-refractivity contribution is 0.000264. The van der Waals surface area contributed by atoms with Crippen LogP contribution in [0.15, 0.2) is 41.3 Å². The Morgan fingerprint density at radius 1 is 1.36 bits per heavy atom. The summed E-state index contributed by atoms with van der Waals surface area (Å²) < 4.78 is 12.7. The van der Waals surface area contributed by atoms with E-state index in [9.17, 15) is 5.11 Å². The number of furan rings is 1. The van der Waals surface area contributed by atoms with E-state index < -0.39 is 6.10 Å². The molecule has 3 heterocycles. The Morgan fingerprint density at radius 2 is 2.23 bits per heavy atom. The molecule has 0 bridgehead atoms. The second-order valence-electron chi connectivity index (χ2n) is 5.77. The van der Waals surface area contributed by atoms with E-state index in [1.165, 1.54) is 0 Å². The lowest BCUT2D eigenvalue weighted by atomic mass is 10.1. The fourth-order valence-corrected chi connectivity index (χ4v) is 2.90. The topological polar surface area (TPSA) is 63.7 Å². The molecule has 1 aliphatic heterocycles. The molecule has 3 rings (SSSR count). The van der Waals surface area contributed by atoms with Crippen molar-refractivity contribution in [3.63, 3.8) is 0 Å². The molecule has 1 N–H and O–H groups in total. The number of piperidine rings is 1. The predicted molar refractivity (Wildman–Crippen MR) is 81.3 cm³/mol. The standard InChI is InChI=1S/C16H23N3O3/c20-15(12-21-13-16-3-1-10-22-16)11-18-8-4-14(5-9-18)19-7-2-6-17-19/h1-3,6-7,10,14-15,20H,4-5,8-9,11-13H2. The summed E-state index contributed by atoms with van der Waals surface area (Å²) >= 11 is 0. The number of hydrogen-bond donors (Lipinski definition) is 1. The summed E-state index contributed by atoms with van der Waals surface area (Å²) in [5, 5.41) is 14.4. The van der Waals surface area contributed by atoms with Gasteiger partial charge in [0.2, 0.25) is 0 Å². The smallest absolute Gasteiger partial charge is 0.129 e. The van der Waals surface area contributed by atoms with E-state index in [-0.39, 0.29) is 0 Å². The summed E-state index contributed by atoms with van der Waals surface area (Å²) in [5.74, 6) is 0.784. The average molecular weight is 305 g/mol. The minimum atomic E-state index is -0.462. The third-order valence-electron chi connectivity index (χ3n) is 4.06. The van der Waals surface area contributed by atoms with Crippen molar-refractivity contribution in [3.8, 4) is 0 Å². The number of aliphatic hydroxyl groups is 1. The van der Waals surface area contributed by atoms with Gasteiger partial charge in [-0.05, 0) is 31.0 Å². The Labute approximate surface area is 130 Å². The van der Waals surface area contributed by atoms with Gasteiger partial charge in [0.05, 0.1) is 25.0 Å². The molecule has 22 heavy (non-hydrogen) atoms. The second kappa shape index (κ2) is 7.58. The number of ether oxygens (including phenoxy) is 1. The fourth-order valence-electron chi connectivity index (χ4n) is 2.90. The zero-order valence-electron chi connectivity index (χ0n) is 12.7. The van der Waals surface area contributed by atoms with E-state index in [0.29, 0.717) is 25.8 Å². The third kappa shape index (κ3) is 4.19. The maximum Gasteiger partial charge on any atom is 0.129 e. The highest BCUT2D eigenvalue weighted by molar-refractivity contribution is 4.96. The largest absolute Gasteiger partial charge is 0.467 e. The van der Waals surface area contributed by atoms with Crippen molar-refractivity contribution in [2.75, 3.05) is 26.2 Å². The van der Waals surface area contributed by atoms with Crippen LogP contribution in [-0.2, 0) is 11.3 Å². The number of β-amino-alcohol motifs (C(OH)–C–C–N with tert-alkyl or cyclic N) is 1. The van der Waals surface area contributed by atoms with Gasteiger partial charge in [0.25, 0.3) is 0 Å². The van der Waals surface area contributed by atoms with Crippen LogP contribution in [0, 0.1) is 0 Å². The molecule has 6 nitrogen and oxygen atoms in total. The number of hydrogen-bond acceptors (Lipinski definition) is 5. The van der Waals surface area contributed by atoms with Crippen LogP contribution in [0.4, 0.5) is 0 Å². The highest BCUT2D eigenvalue weighted by Crippen LogP contribution is 2.21. The molecule has 0 aliphatic carbocycles. The number of rotatable bonds is 7. The van der Waals surface area contributed by atoms with Crippen LogP contribution >= 0.6 is 0 Å². The predicted octanol–water partition coefficient (Wildman–Crippen LogP) is 1.69. The van der Waals surface area contributed by atoms with Crippen molar-refractivity contribution in [2.45, 2.75) is 31.6 Å². The Bertz CT molecular complexity index is 519. The summed E-state index contributed by atoms with van der Waals surface area (Å²) in [6.07, 6.45) is 7.16. The van der Waals surface area contributed by atoms with E-state index in [4.69, 9.17) is 9.15 Å². The van der Waals surface area contributed by atoms with Crippen LogP contribution in [0.3, 0.4) is 0 Å². The number of aliphatic hydroxyl groups excluding tert-OH is 1. The summed E-state index contributed by atoms with van der Waals surface area (Å²) in [5.41, 5.74) is 0. The minimum Gasteiger partial charge on any atom is -0.467 e. The van der Waals surface area contributed by atoms with Gasteiger partial charge in [-0.25, -0.2) is 0 Å². The molecule has 2 aromatic heterocycles. The van der Waals surface area contributed by atoms with Crippen LogP contribution in [-0.4, -0.2) is 52.1 Å². The molecule has 1 aliphatic rings. The molecule has 0 aromatic carbocycles. The van der Waals surface area contributed by atoms with Crippen LogP contribution in [0.5, 0.6) is 0 Å². The maximum atomic E-state index is 10.1. The van der Waals surface area contributed by atoms with Crippen molar-refractivity contribution in [2.24, 2.45) is 0 Å². The summed E-state index contributed by atoms with van der Waals surface area (Å²) in [7, 11) is 0. The Kier molecular flexibility index (Phi) is 5.26. The summed E-state index contributed by atoms with van der Waals surface area (Å²) in [6, 6.07) is 6.15. The molecule has 0 radical (unpaired) electrons. The van der Waals surface area contributed by atoms with Gasteiger partial charge in [-0.2, -0.15) is 5.10 Å². The summed E-state index contributed by atoms with van der Waals surface area (Å²) in [6.45, 7) is 3.37. The van der Waals surface area contributed by atoms with Gasteiger partial charge in [0, 0.05) is 32.0 Å². The first-order valence-corrected chi connectivity index (χ1v) is 7.81. The van der Waals surface area contributed by atoms with E-state index in [0.717, 1.165) is 31.7 Å². The monoisotopic (exact) mass is 305 g/mol. The molecule has 1 saturated heterocycles.